The highest BCUT2D eigenvalue weighted by atomic mass is 16.5. The van der Waals surface area contributed by atoms with Crippen LogP contribution in [0.3, 0.4) is 0 Å². The summed E-state index contributed by atoms with van der Waals surface area (Å²) < 4.78 is 6.97. The molecule has 2 aromatic rings. The normalized spacial score (nSPS) is 11.4. The van der Waals surface area contributed by atoms with Gasteiger partial charge in [0.1, 0.15) is 12.3 Å². The molecule has 1 aromatic carbocycles. The molecule has 0 aliphatic heterocycles. The van der Waals surface area contributed by atoms with Crippen molar-refractivity contribution in [3.8, 4) is 5.75 Å². The molecule has 5 heteroatoms. The maximum atomic E-state index is 13.2. The molecule has 1 heterocycles. The Balaban J connectivity index is 2.41. The summed E-state index contributed by atoms with van der Waals surface area (Å²) in [4.78, 5) is 28.2. The van der Waals surface area contributed by atoms with Crippen LogP contribution in [0.1, 0.15) is 53.0 Å². The van der Waals surface area contributed by atoms with Crippen LogP contribution in [0, 0.1) is 11.8 Å². The Labute approximate surface area is 174 Å². The second kappa shape index (κ2) is 10.5. The first kappa shape index (κ1) is 23.0. The number of hydrogen-bond acceptors (Lipinski definition) is 3. The molecule has 0 saturated heterocycles. The van der Waals surface area contributed by atoms with E-state index in [1.165, 1.54) is 0 Å². The van der Waals surface area contributed by atoms with Crippen LogP contribution in [0.2, 0.25) is 0 Å². The highest BCUT2D eigenvalue weighted by Crippen LogP contribution is 2.21. The average Bonchev–Trinajstić information content (AvgIpc) is 2.68. The van der Waals surface area contributed by atoms with Gasteiger partial charge in [0.15, 0.2) is 0 Å². The fourth-order valence-corrected chi connectivity index (χ4v) is 3.37. The maximum Gasteiger partial charge on any atom is 0.254 e. The van der Waals surface area contributed by atoms with Crippen LogP contribution in [0.15, 0.2) is 29.1 Å². The summed E-state index contributed by atoms with van der Waals surface area (Å²) >= 11 is 0. The van der Waals surface area contributed by atoms with Crippen molar-refractivity contribution in [2.75, 3.05) is 20.2 Å². The molecule has 0 radical (unpaired) electrons. The topological polar surface area (TPSA) is 51.5 Å². The number of carbonyl (C=O) groups excluding carboxylic acids is 1. The molecule has 0 aliphatic carbocycles. The third-order valence-corrected chi connectivity index (χ3v) is 5.36. The third kappa shape index (κ3) is 6.09. The first-order valence-corrected chi connectivity index (χ1v) is 10.7. The molecule has 0 spiro atoms. The summed E-state index contributed by atoms with van der Waals surface area (Å²) in [5.41, 5.74) is 1.38. The van der Waals surface area contributed by atoms with Gasteiger partial charge in [-0.25, -0.2) is 0 Å². The summed E-state index contributed by atoms with van der Waals surface area (Å²) in [5, 5.41) is 0.950. The lowest BCUT2D eigenvalue weighted by atomic mass is 10.1. The molecular formula is C24H36N2O3. The Kier molecular flexibility index (Phi) is 8.30. The molecule has 1 aromatic heterocycles. The molecule has 160 valence electrons. The quantitative estimate of drug-likeness (QED) is 0.590. The van der Waals surface area contributed by atoms with Gasteiger partial charge in [0.05, 0.1) is 12.6 Å². The van der Waals surface area contributed by atoms with E-state index in [2.05, 4.69) is 27.7 Å². The first-order valence-electron chi connectivity index (χ1n) is 10.7. The van der Waals surface area contributed by atoms with Crippen molar-refractivity contribution in [2.45, 2.75) is 60.4 Å². The average molecular weight is 401 g/mol. The number of rotatable bonds is 10. The largest absolute Gasteiger partial charge is 0.497 e. The number of pyridine rings is 1. The molecule has 0 aliphatic rings. The third-order valence-electron chi connectivity index (χ3n) is 5.36. The van der Waals surface area contributed by atoms with E-state index in [0.29, 0.717) is 24.0 Å². The summed E-state index contributed by atoms with van der Waals surface area (Å²) in [6.45, 7) is 12.2. The van der Waals surface area contributed by atoms with Crippen LogP contribution in [0.25, 0.3) is 10.9 Å². The van der Waals surface area contributed by atoms with E-state index in [4.69, 9.17) is 4.74 Å². The van der Waals surface area contributed by atoms with Gasteiger partial charge in [-0.15, -0.1) is 0 Å². The fourth-order valence-electron chi connectivity index (χ4n) is 3.37. The predicted octanol–water partition coefficient (Wildman–Crippen LogP) is 4.49. The van der Waals surface area contributed by atoms with Gasteiger partial charge >= 0.3 is 0 Å². The first-order chi connectivity index (χ1) is 13.8. The number of hydrogen-bond donors (Lipinski definition) is 0. The van der Waals surface area contributed by atoms with Crippen molar-refractivity contribution in [1.82, 2.24) is 9.47 Å². The number of carbonyl (C=O) groups is 1. The Bertz CT molecular complexity index is 872. The Morgan fingerprint density at radius 1 is 1.07 bits per heavy atom. The van der Waals surface area contributed by atoms with Crippen molar-refractivity contribution in [1.29, 1.82) is 0 Å². The smallest absolute Gasteiger partial charge is 0.254 e. The van der Waals surface area contributed by atoms with Crippen LogP contribution in [0.4, 0.5) is 0 Å². The van der Waals surface area contributed by atoms with Crippen LogP contribution >= 0.6 is 0 Å². The van der Waals surface area contributed by atoms with Crippen molar-refractivity contribution >= 4 is 16.8 Å². The zero-order chi connectivity index (χ0) is 21.6. The summed E-state index contributed by atoms with van der Waals surface area (Å²) in [6, 6.07) is 7.60. The van der Waals surface area contributed by atoms with Gasteiger partial charge in [0, 0.05) is 24.7 Å². The molecule has 0 saturated carbocycles. The van der Waals surface area contributed by atoms with E-state index in [0.717, 1.165) is 42.4 Å². The van der Waals surface area contributed by atoms with Crippen LogP contribution < -0.4 is 10.3 Å². The van der Waals surface area contributed by atoms with Crippen molar-refractivity contribution < 1.29 is 9.53 Å². The number of fused-ring (bicyclic) bond motifs is 1. The second-order valence-electron chi connectivity index (χ2n) is 8.59. The zero-order valence-corrected chi connectivity index (χ0v) is 18.8. The van der Waals surface area contributed by atoms with Gasteiger partial charge in [-0.05, 0) is 54.7 Å². The molecule has 5 nitrogen and oxygen atoms in total. The van der Waals surface area contributed by atoms with E-state index in [-0.39, 0.29) is 18.0 Å². The molecule has 0 fully saturated rings. The number of nitrogens with zero attached hydrogens (tertiary/aromatic N) is 2. The van der Waals surface area contributed by atoms with Gasteiger partial charge in [-0.1, -0.05) is 34.6 Å². The highest BCUT2D eigenvalue weighted by molar-refractivity contribution is 5.84. The van der Waals surface area contributed by atoms with Crippen molar-refractivity contribution in [3.63, 3.8) is 0 Å². The van der Waals surface area contributed by atoms with Crippen LogP contribution in [0.5, 0.6) is 5.75 Å². The summed E-state index contributed by atoms with van der Waals surface area (Å²) in [5.74, 6) is 1.74. The number of amides is 1. The molecule has 0 N–H and O–H groups in total. The van der Waals surface area contributed by atoms with Crippen molar-refractivity contribution in [2.24, 2.45) is 11.8 Å². The van der Waals surface area contributed by atoms with E-state index >= 15 is 0 Å². The summed E-state index contributed by atoms with van der Waals surface area (Å²) in [6.07, 6.45) is 2.56. The van der Waals surface area contributed by atoms with E-state index in [1.807, 2.05) is 36.1 Å². The molecular weight excluding hydrogens is 364 g/mol. The lowest BCUT2D eigenvalue weighted by molar-refractivity contribution is -0.132. The summed E-state index contributed by atoms with van der Waals surface area (Å²) in [7, 11) is 1.61. The number of aromatic nitrogens is 1. The van der Waals surface area contributed by atoms with Crippen LogP contribution in [-0.4, -0.2) is 35.6 Å². The number of benzene rings is 1. The molecule has 0 unspecified atom stereocenters. The van der Waals surface area contributed by atoms with Gasteiger partial charge in [0.25, 0.3) is 5.56 Å². The maximum absolute atomic E-state index is 13.2. The number of aryl methyl sites for hydroxylation is 1. The Morgan fingerprint density at radius 2 is 1.69 bits per heavy atom. The van der Waals surface area contributed by atoms with Crippen LogP contribution in [-0.2, 0) is 17.8 Å². The number of methoxy groups -OCH3 is 1. The van der Waals surface area contributed by atoms with Gasteiger partial charge in [-0.3, -0.25) is 14.2 Å². The Hall–Kier alpha value is -2.30. The van der Waals surface area contributed by atoms with E-state index < -0.39 is 0 Å². The second-order valence-corrected chi connectivity index (χ2v) is 8.59. The van der Waals surface area contributed by atoms with Gasteiger partial charge in [-0.2, -0.15) is 0 Å². The molecule has 29 heavy (non-hydrogen) atoms. The fraction of sp³-hybridized carbons (Fsp3) is 0.583. The molecule has 2 rings (SSSR count). The monoisotopic (exact) mass is 400 g/mol. The lowest BCUT2D eigenvalue weighted by Gasteiger charge is -2.25. The van der Waals surface area contributed by atoms with E-state index in [9.17, 15) is 9.59 Å². The van der Waals surface area contributed by atoms with Crippen molar-refractivity contribution in [3.05, 3.63) is 40.2 Å². The van der Waals surface area contributed by atoms with Gasteiger partial charge < -0.3 is 9.64 Å². The Morgan fingerprint density at radius 3 is 2.21 bits per heavy atom. The van der Waals surface area contributed by atoms with E-state index in [1.54, 1.807) is 11.7 Å². The minimum atomic E-state index is -0.0886. The number of ether oxygens (including phenoxy) is 1. The minimum absolute atomic E-state index is 0.00535. The molecule has 0 bridgehead atoms. The molecule has 0 atom stereocenters. The highest BCUT2D eigenvalue weighted by Gasteiger charge is 2.18. The zero-order valence-electron chi connectivity index (χ0n) is 18.8. The standard InChI is InChI=1S/C24H36N2O3/c1-7-19-14-20-8-9-21(29-6)15-22(20)26(24(19)28)16-23(27)25(12-10-17(2)3)13-11-18(4)5/h8-9,14-15,17-18H,7,10-13,16H2,1-6H3. The molecule has 1 amide bonds. The minimum Gasteiger partial charge on any atom is -0.497 e. The lowest BCUT2D eigenvalue weighted by Crippen LogP contribution is -2.39. The SMILES string of the molecule is CCc1cc2ccc(OC)cc2n(CC(=O)N(CCC(C)C)CCC(C)C)c1=O. The predicted molar refractivity (Wildman–Crippen MR) is 120 cm³/mol. The van der Waals surface area contributed by atoms with Gasteiger partial charge in [0.2, 0.25) is 5.91 Å².